The Bertz CT molecular complexity index is 3210. The highest BCUT2D eigenvalue weighted by Gasteiger charge is 2.50. The normalized spacial score (nSPS) is 25.8. The minimum Gasteiger partial charge on any atom is -0.504 e. The second kappa shape index (κ2) is 28.9. The number of hydrogen-bond acceptors (Lipinski definition) is 21. The van der Waals surface area contributed by atoms with Crippen LogP contribution in [0.3, 0.4) is 0 Å². The van der Waals surface area contributed by atoms with Gasteiger partial charge in [0.05, 0.1) is 43.0 Å². The summed E-state index contributed by atoms with van der Waals surface area (Å²) < 4.78 is 47.9. The predicted molar refractivity (Wildman–Crippen MR) is 308 cm³/mol. The predicted octanol–water partition coefficient (Wildman–Crippen LogP) is -3.34. The zero-order valence-electron chi connectivity index (χ0n) is 49.1. The number of nitrogens with one attached hydrogen (secondary N) is 7. The Morgan fingerprint density at radius 1 is 0.730 bits per heavy atom. The highest BCUT2D eigenvalue weighted by Crippen LogP contribution is 2.44. The molecule has 15 N–H and O–H groups in total. The van der Waals surface area contributed by atoms with Gasteiger partial charge in [0.2, 0.25) is 41.4 Å². The molecule has 3 heterocycles. The monoisotopic (exact) mass is 1270 g/mol. The van der Waals surface area contributed by atoms with E-state index in [9.17, 15) is 87.1 Å². The Morgan fingerprint density at radius 3 is 1.97 bits per heavy atom. The molecule has 1 unspecified atom stereocenters. The maximum atomic E-state index is 15.0. The van der Waals surface area contributed by atoms with E-state index in [1.54, 1.807) is 0 Å². The largest absolute Gasteiger partial charge is 0.504 e. The molecule has 3 aromatic rings. The summed E-state index contributed by atoms with van der Waals surface area (Å²) in [7, 11) is -5.26. The van der Waals surface area contributed by atoms with Crippen LogP contribution in [0.4, 0.5) is 9.59 Å². The Balaban J connectivity index is 1.18. The molecule has 89 heavy (non-hydrogen) atoms. The summed E-state index contributed by atoms with van der Waals surface area (Å²) in [5.74, 6) is -11.6. The van der Waals surface area contributed by atoms with Gasteiger partial charge in [-0.1, -0.05) is 61.5 Å². The molecule has 486 valence electrons. The Hall–Kier alpha value is -8.24. The van der Waals surface area contributed by atoms with Crippen molar-refractivity contribution in [1.82, 2.24) is 47.0 Å². The van der Waals surface area contributed by atoms with Crippen molar-refractivity contribution in [2.75, 3.05) is 39.3 Å². The average Bonchev–Trinajstić information content (AvgIpc) is 1.68. The lowest BCUT2D eigenvalue weighted by atomic mass is 9.98. The molecule has 3 aromatic carbocycles. The van der Waals surface area contributed by atoms with Gasteiger partial charge < -0.3 is 96.4 Å². The minimum atomic E-state index is -5.26. The van der Waals surface area contributed by atoms with Gasteiger partial charge in [0, 0.05) is 63.8 Å². The van der Waals surface area contributed by atoms with Crippen LogP contribution in [-0.2, 0) is 59.9 Å². The summed E-state index contributed by atoms with van der Waals surface area (Å²) in [6.07, 6.45) is -16.4. The number of β-amino-alcohol motifs (C(OH)–C–C–N with tert-alkyl or cyclic N) is 1. The number of aromatic hydroxyl groups is 1. The number of phenolic OH excluding ortho intramolecular Hbond substituents is 1. The molecule has 3 saturated heterocycles. The highest BCUT2D eigenvalue weighted by molar-refractivity contribution is 7.81. The first-order valence-corrected chi connectivity index (χ1v) is 29.9. The molecule has 1 aliphatic carbocycles. The van der Waals surface area contributed by atoms with E-state index in [4.69, 9.17) is 9.47 Å². The standard InChI is InChI=1S/C57H75N9O22S/c1-27-24-66-47(48(27)74)52(78)60-23-30(68)20-37(61-56(82)87-57(3,4)5)49(75)62-44(28(2)67)53(79)65-25-31(69)21-38(65)50(76)63-45(40(71)18-29-14-15-39(70)42(19-29)88-89(83,84)85)51(77)64-46(54(66)80)41(72)22-43(73)58-16-17-59-55(81)86-26-36-34-12-8-6-10-32(34)33-11-7-9-13-35(33)36/h6-15,19,27-28,30-31,36-38,40-41,44-48,67-72,74H,16-18,20-26H2,1-5H3,(H,58,73)(H,59,81)(H,60,78)(H,61,82)(H,62,75)(H,63,76)(H,64,77)(H,83,84,85)/t27-,28+,30+,31+,37+,38-,40+,41+,44?,45-,46-,47-,48-/m0/s1. The Labute approximate surface area is 510 Å². The number of rotatable bonds is 15. The fourth-order valence-electron chi connectivity index (χ4n) is 11.0. The lowest BCUT2D eigenvalue weighted by Gasteiger charge is -2.34. The average molecular weight is 1270 g/mol. The number of alkyl carbamates (subject to hydrolysis) is 2. The van der Waals surface area contributed by atoms with Gasteiger partial charge in [-0.3, -0.25) is 38.1 Å². The van der Waals surface area contributed by atoms with E-state index in [0.717, 1.165) is 57.2 Å². The number of hydrogen-bond donors (Lipinski definition) is 15. The molecule has 7 rings (SSSR count). The van der Waals surface area contributed by atoms with Gasteiger partial charge in [-0.25, -0.2) is 9.59 Å². The molecule has 0 radical (unpaired) electrons. The van der Waals surface area contributed by atoms with Crippen molar-refractivity contribution in [2.45, 2.75) is 145 Å². The van der Waals surface area contributed by atoms with Crippen LogP contribution in [0, 0.1) is 5.92 Å². The van der Waals surface area contributed by atoms with E-state index >= 15 is 4.79 Å². The third kappa shape index (κ3) is 17.6. The number of carbonyl (C=O) groups is 9. The maximum Gasteiger partial charge on any atom is 0.446 e. The van der Waals surface area contributed by atoms with Gasteiger partial charge in [-0.2, -0.15) is 8.42 Å². The molecule has 13 atom stereocenters. The highest BCUT2D eigenvalue weighted by atomic mass is 32.3. The fourth-order valence-corrected chi connectivity index (χ4v) is 11.3. The van der Waals surface area contributed by atoms with Gasteiger partial charge in [-0.05, 0) is 67.6 Å². The molecule has 0 bridgehead atoms. The Morgan fingerprint density at radius 2 is 1.34 bits per heavy atom. The molecule has 0 spiro atoms. The first-order chi connectivity index (χ1) is 41.8. The fraction of sp³-hybridized carbons (Fsp3) is 0.526. The molecule has 9 amide bonds. The molecule has 32 heteroatoms. The molecule has 3 fully saturated rings. The lowest BCUT2D eigenvalue weighted by molar-refractivity contribution is -0.147. The van der Waals surface area contributed by atoms with Crippen LogP contribution < -0.4 is 41.4 Å². The number of aliphatic hydroxyl groups is 6. The van der Waals surface area contributed by atoms with E-state index in [1.165, 1.54) is 27.7 Å². The molecular formula is C57H75N9O22S. The zero-order valence-corrected chi connectivity index (χ0v) is 49.9. The third-order valence-electron chi connectivity index (χ3n) is 15.2. The zero-order chi connectivity index (χ0) is 65.4. The topological polar surface area (TPSA) is 468 Å². The number of benzene rings is 3. The van der Waals surface area contributed by atoms with Crippen LogP contribution in [0.5, 0.6) is 11.5 Å². The van der Waals surface area contributed by atoms with Crippen LogP contribution in [0.15, 0.2) is 66.7 Å². The van der Waals surface area contributed by atoms with E-state index in [2.05, 4.69) is 41.4 Å². The van der Waals surface area contributed by atoms with Crippen molar-refractivity contribution in [3.05, 3.63) is 83.4 Å². The minimum absolute atomic E-state index is 0.0240. The van der Waals surface area contributed by atoms with Crippen molar-refractivity contribution < 1.29 is 106 Å². The van der Waals surface area contributed by atoms with E-state index in [0.29, 0.717) is 0 Å². The van der Waals surface area contributed by atoms with Gasteiger partial charge in [0.1, 0.15) is 48.5 Å². The number of amides is 9. The first kappa shape index (κ1) is 68.3. The van der Waals surface area contributed by atoms with Crippen LogP contribution in [0.1, 0.15) is 76.5 Å². The number of phenols is 1. The molecular weight excluding hydrogens is 1190 g/mol. The summed E-state index contributed by atoms with van der Waals surface area (Å²) in [6.45, 7) is 4.63. The van der Waals surface area contributed by atoms with Crippen LogP contribution in [-0.4, -0.2) is 230 Å². The summed E-state index contributed by atoms with van der Waals surface area (Å²) >= 11 is 0. The van der Waals surface area contributed by atoms with Gasteiger partial charge >= 0.3 is 22.6 Å². The van der Waals surface area contributed by atoms with Gasteiger partial charge in [0.15, 0.2) is 11.5 Å². The van der Waals surface area contributed by atoms with Crippen LogP contribution in [0.25, 0.3) is 11.1 Å². The van der Waals surface area contributed by atoms with E-state index in [1.807, 2.05) is 48.5 Å². The van der Waals surface area contributed by atoms with Crippen molar-refractivity contribution in [3.8, 4) is 22.6 Å². The molecule has 4 aliphatic rings. The SMILES string of the molecule is C[C@@H](O)C1NC(=O)[C@H](NC(=O)OC(C)(C)C)C[C@@H](O)CNC(=O)[C@@H]2[C@@H](O)[C@@H](C)CN2C(=O)[C@H]([C@H](O)CC(=O)NCCNC(=O)OCC2c3ccccc3-c3ccccc32)NC(=O)[C@H]([C@H](O)Cc2ccc(O)c(OS(=O)(=O)O)c2)NC(=O)[C@@H]2C[C@@H](O)CN2C1=O. The van der Waals surface area contributed by atoms with E-state index in [-0.39, 0.29) is 31.2 Å². The second-order valence-corrected chi connectivity index (χ2v) is 24.3. The second-order valence-electron chi connectivity index (χ2n) is 23.3. The number of aliphatic hydroxyl groups excluding tert-OH is 6. The van der Waals surface area contributed by atoms with Gasteiger partial charge in [-0.15, -0.1) is 0 Å². The summed E-state index contributed by atoms with van der Waals surface area (Å²) in [5, 5.41) is 95.3. The van der Waals surface area contributed by atoms with Crippen molar-refractivity contribution in [2.24, 2.45) is 5.92 Å². The summed E-state index contributed by atoms with van der Waals surface area (Å²) in [5.41, 5.74) is 2.65. The number of carbonyl (C=O) groups excluding carboxylic acids is 9. The van der Waals surface area contributed by atoms with Crippen LogP contribution >= 0.6 is 0 Å². The lowest BCUT2D eigenvalue weighted by Crippen LogP contribution is -2.64. The third-order valence-corrected chi connectivity index (χ3v) is 15.6. The molecule has 0 aromatic heterocycles. The first-order valence-electron chi connectivity index (χ1n) is 28.5. The molecule has 3 aliphatic heterocycles. The number of fused-ring (bicyclic) bond motifs is 5. The van der Waals surface area contributed by atoms with Crippen LogP contribution in [0.2, 0.25) is 0 Å². The smallest absolute Gasteiger partial charge is 0.446 e. The van der Waals surface area contributed by atoms with E-state index < -0.39 is 205 Å². The molecule has 0 saturated carbocycles. The van der Waals surface area contributed by atoms with Gasteiger partial charge in [0.25, 0.3) is 0 Å². The summed E-state index contributed by atoms with van der Waals surface area (Å²) in [4.78, 5) is 128. The van der Waals surface area contributed by atoms with Crippen molar-refractivity contribution >= 4 is 63.9 Å². The Kier molecular flexibility index (Phi) is 22.2. The van der Waals surface area contributed by atoms with Crippen molar-refractivity contribution in [1.29, 1.82) is 0 Å². The molecule has 31 nitrogen and oxygen atoms in total. The number of ether oxygens (including phenoxy) is 2. The number of nitrogens with zero attached hydrogens (tertiary/aromatic N) is 2. The quantitative estimate of drug-likeness (QED) is 0.0522. The van der Waals surface area contributed by atoms with Crippen molar-refractivity contribution in [3.63, 3.8) is 0 Å². The summed E-state index contributed by atoms with van der Waals surface area (Å²) in [6, 6.07) is 6.02. The maximum absolute atomic E-state index is 15.0.